The molecule has 1 unspecified atom stereocenters. The molecule has 0 saturated carbocycles. The van der Waals surface area contributed by atoms with Gasteiger partial charge >= 0.3 is 0 Å². The van der Waals surface area contributed by atoms with E-state index in [4.69, 9.17) is 4.74 Å². The van der Waals surface area contributed by atoms with E-state index in [2.05, 4.69) is 53.6 Å². The summed E-state index contributed by atoms with van der Waals surface area (Å²) in [6.45, 7) is 12.3. The SMILES string of the molecule is CC(C)CN1CCO[C@@H](CCCNC(C)CI)C1. The number of rotatable bonds is 8. The maximum absolute atomic E-state index is 5.85. The molecule has 0 aliphatic carbocycles. The number of nitrogens with one attached hydrogen (secondary N) is 1. The van der Waals surface area contributed by atoms with E-state index in [1.54, 1.807) is 0 Å². The Kier molecular flexibility index (Phi) is 8.80. The van der Waals surface area contributed by atoms with Crippen LogP contribution in [-0.2, 0) is 4.74 Å². The first-order valence-corrected chi connectivity index (χ1v) is 8.77. The lowest BCUT2D eigenvalue weighted by molar-refractivity contribution is -0.0357. The van der Waals surface area contributed by atoms with Gasteiger partial charge < -0.3 is 10.1 Å². The van der Waals surface area contributed by atoms with Crippen LogP contribution in [0.5, 0.6) is 0 Å². The van der Waals surface area contributed by atoms with Gasteiger partial charge in [-0.2, -0.15) is 0 Å². The molecule has 1 heterocycles. The average molecular weight is 368 g/mol. The summed E-state index contributed by atoms with van der Waals surface area (Å²) in [6.07, 6.45) is 2.87. The first kappa shape index (κ1) is 16.7. The van der Waals surface area contributed by atoms with Crippen molar-refractivity contribution in [2.24, 2.45) is 5.92 Å². The van der Waals surface area contributed by atoms with Crippen LogP contribution in [0.1, 0.15) is 33.6 Å². The molecule has 2 atom stereocenters. The summed E-state index contributed by atoms with van der Waals surface area (Å²) in [7, 11) is 0. The molecule has 0 radical (unpaired) electrons. The van der Waals surface area contributed by atoms with Gasteiger partial charge in [0.2, 0.25) is 0 Å². The Morgan fingerprint density at radius 1 is 1.39 bits per heavy atom. The normalized spacial score (nSPS) is 23.5. The first-order valence-electron chi connectivity index (χ1n) is 7.25. The van der Waals surface area contributed by atoms with E-state index < -0.39 is 0 Å². The van der Waals surface area contributed by atoms with Crippen molar-refractivity contribution in [1.82, 2.24) is 10.2 Å². The van der Waals surface area contributed by atoms with Crippen LogP contribution in [0.15, 0.2) is 0 Å². The number of morpholine rings is 1. The first-order chi connectivity index (χ1) is 8.61. The second kappa shape index (κ2) is 9.50. The van der Waals surface area contributed by atoms with Crippen LogP contribution in [-0.4, -0.2) is 54.3 Å². The van der Waals surface area contributed by atoms with E-state index >= 15 is 0 Å². The van der Waals surface area contributed by atoms with Gasteiger partial charge in [-0.15, -0.1) is 0 Å². The highest BCUT2D eigenvalue weighted by molar-refractivity contribution is 14.1. The third kappa shape index (κ3) is 7.26. The highest BCUT2D eigenvalue weighted by Crippen LogP contribution is 2.12. The summed E-state index contributed by atoms with van der Waals surface area (Å²) in [6, 6.07) is 0.635. The molecule has 18 heavy (non-hydrogen) atoms. The maximum atomic E-state index is 5.85. The summed E-state index contributed by atoms with van der Waals surface area (Å²) >= 11 is 2.43. The third-order valence-electron chi connectivity index (χ3n) is 3.27. The average Bonchev–Trinajstić information content (AvgIpc) is 2.34. The van der Waals surface area contributed by atoms with Crippen molar-refractivity contribution in [1.29, 1.82) is 0 Å². The van der Waals surface area contributed by atoms with Crippen molar-refractivity contribution in [2.75, 3.05) is 37.2 Å². The van der Waals surface area contributed by atoms with Crippen LogP contribution in [0.3, 0.4) is 0 Å². The number of alkyl halides is 1. The van der Waals surface area contributed by atoms with Gasteiger partial charge in [-0.1, -0.05) is 36.4 Å². The number of hydrogen-bond acceptors (Lipinski definition) is 3. The Balaban J connectivity index is 2.10. The Labute approximate surface area is 126 Å². The van der Waals surface area contributed by atoms with Crippen molar-refractivity contribution in [2.45, 2.75) is 45.8 Å². The molecule has 0 amide bonds. The van der Waals surface area contributed by atoms with Gasteiger partial charge in [-0.25, -0.2) is 0 Å². The summed E-state index contributed by atoms with van der Waals surface area (Å²) < 4.78 is 7.03. The second-order valence-electron chi connectivity index (χ2n) is 5.80. The lowest BCUT2D eigenvalue weighted by Gasteiger charge is -2.34. The molecule has 0 bridgehead atoms. The molecule has 0 aromatic rings. The lowest BCUT2D eigenvalue weighted by atomic mass is 10.1. The summed E-state index contributed by atoms with van der Waals surface area (Å²) in [5, 5.41) is 3.54. The van der Waals surface area contributed by atoms with Crippen molar-refractivity contribution < 1.29 is 4.74 Å². The zero-order valence-corrected chi connectivity index (χ0v) is 14.3. The van der Waals surface area contributed by atoms with Crippen molar-refractivity contribution in [3.8, 4) is 0 Å². The van der Waals surface area contributed by atoms with Crippen LogP contribution in [0.2, 0.25) is 0 Å². The molecule has 1 N–H and O–H groups in total. The van der Waals surface area contributed by atoms with Gasteiger partial charge in [-0.3, -0.25) is 4.90 Å². The second-order valence-corrected chi connectivity index (χ2v) is 6.68. The van der Waals surface area contributed by atoms with E-state index in [1.807, 2.05) is 0 Å². The molecular formula is C14H29IN2O. The number of hydrogen-bond donors (Lipinski definition) is 1. The van der Waals surface area contributed by atoms with Gasteiger partial charge in [-0.05, 0) is 32.2 Å². The predicted octanol–water partition coefficient (Wildman–Crippen LogP) is 2.54. The van der Waals surface area contributed by atoms with Crippen LogP contribution < -0.4 is 5.32 Å². The van der Waals surface area contributed by atoms with Crippen LogP contribution >= 0.6 is 22.6 Å². The number of ether oxygens (including phenoxy) is 1. The summed E-state index contributed by atoms with van der Waals surface area (Å²) in [5.74, 6) is 0.759. The fourth-order valence-corrected chi connectivity index (χ4v) is 2.68. The van der Waals surface area contributed by atoms with E-state index in [0.29, 0.717) is 12.1 Å². The number of halogens is 1. The van der Waals surface area contributed by atoms with Crippen molar-refractivity contribution in [3.63, 3.8) is 0 Å². The maximum Gasteiger partial charge on any atom is 0.0703 e. The zero-order chi connectivity index (χ0) is 13.4. The summed E-state index contributed by atoms with van der Waals surface area (Å²) in [4.78, 5) is 2.56. The van der Waals surface area contributed by atoms with Crippen molar-refractivity contribution in [3.05, 3.63) is 0 Å². The van der Waals surface area contributed by atoms with Gasteiger partial charge in [0.1, 0.15) is 0 Å². The largest absolute Gasteiger partial charge is 0.376 e. The Morgan fingerprint density at radius 2 is 2.17 bits per heavy atom. The third-order valence-corrected chi connectivity index (χ3v) is 4.59. The molecule has 3 nitrogen and oxygen atoms in total. The molecule has 1 fully saturated rings. The summed E-state index contributed by atoms with van der Waals surface area (Å²) in [5.41, 5.74) is 0. The molecule has 0 aromatic heterocycles. The van der Waals surface area contributed by atoms with Gasteiger partial charge in [0.05, 0.1) is 12.7 Å². The highest BCUT2D eigenvalue weighted by Gasteiger charge is 2.20. The van der Waals surface area contributed by atoms with Crippen LogP contribution in [0.25, 0.3) is 0 Å². The fraction of sp³-hybridized carbons (Fsp3) is 1.00. The smallest absolute Gasteiger partial charge is 0.0703 e. The fourth-order valence-electron chi connectivity index (χ4n) is 2.37. The number of nitrogens with zero attached hydrogens (tertiary/aromatic N) is 1. The van der Waals surface area contributed by atoms with E-state index in [1.165, 1.54) is 23.8 Å². The van der Waals surface area contributed by atoms with Crippen LogP contribution in [0, 0.1) is 5.92 Å². The molecule has 108 valence electrons. The minimum atomic E-state index is 0.453. The topological polar surface area (TPSA) is 24.5 Å². The minimum Gasteiger partial charge on any atom is -0.376 e. The molecule has 1 aliphatic heterocycles. The molecule has 0 aromatic carbocycles. The Morgan fingerprint density at radius 3 is 2.83 bits per heavy atom. The molecule has 1 rings (SSSR count). The van der Waals surface area contributed by atoms with E-state index in [-0.39, 0.29) is 0 Å². The van der Waals surface area contributed by atoms with Gasteiger partial charge in [0.25, 0.3) is 0 Å². The Bertz CT molecular complexity index is 214. The van der Waals surface area contributed by atoms with Gasteiger partial charge in [0, 0.05) is 30.1 Å². The molecule has 4 heteroatoms. The minimum absolute atomic E-state index is 0.453. The molecule has 0 spiro atoms. The highest BCUT2D eigenvalue weighted by atomic mass is 127. The van der Waals surface area contributed by atoms with Crippen molar-refractivity contribution >= 4 is 22.6 Å². The zero-order valence-electron chi connectivity index (χ0n) is 12.1. The molecule has 1 saturated heterocycles. The molecular weight excluding hydrogens is 339 g/mol. The monoisotopic (exact) mass is 368 g/mol. The van der Waals surface area contributed by atoms with Gasteiger partial charge in [0.15, 0.2) is 0 Å². The molecule has 1 aliphatic rings. The standard InChI is InChI=1S/C14H29IN2O/c1-12(2)10-17-7-8-18-14(11-17)5-4-6-16-13(3)9-15/h12-14,16H,4-11H2,1-3H3/t13?,14-/m0/s1. The van der Waals surface area contributed by atoms with E-state index in [9.17, 15) is 0 Å². The van der Waals surface area contributed by atoms with E-state index in [0.717, 1.165) is 32.2 Å². The Hall–Kier alpha value is 0.610. The quantitative estimate of drug-likeness (QED) is 0.405. The van der Waals surface area contributed by atoms with Crippen LogP contribution in [0.4, 0.5) is 0 Å². The lowest BCUT2D eigenvalue weighted by Crippen LogP contribution is -2.44. The predicted molar refractivity (Wildman–Crippen MR) is 86.6 cm³/mol.